The molecule has 0 aliphatic heterocycles. The smallest absolute Gasteiger partial charge is 0.222 e. The Bertz CT molecular complexity index is 917. The molecule has 3 aromatic rings. The number of nitrogen functional groups attached to an aromatic ring is 1. The molecule has 2 aromatic heterocycles. The number of fused-ring (bicyclic) bond motifs is 1. The SMILES string of the molecule is COc1ccc(-c2ccc3nc(N)nc(NCCCO)c3n2)cc1OC. The van der Waals surface area contributed by atoms with Crippen LogP contribution in [-0.4, -0.2) is 47.4 Å². The lowest BCUT2D eigenvalue weighted by Crippen LogP contribution is -2.08. The Kier molecular flexibility index (Phi) is 5.33. The second kappa shape index (κ2) is 7.83. The lowest BCUT2D eigenvalue weighted by atomic mass is 10.1. The molecule has 2 heterocycles. The van der Waals surface area contributed by atoms with Gasteiger partial charge in [0.15, 0.2) is 17.3 Å². The number of nitrogens with zero attached hydrogens (tertiary/aromatic N) is 3. The monoisotopic (exact) mass is 355 g/mol. The zero-order valence-corrected chi connectivity index (χ0v) is 14.7. The minimum absolute atomic E-state index is 0.0931. The quantitative estimate of drug-likeness (QED) is 0.552. The van der Waals surface area contributed by atoms with Crippen LogP contribution >= 0.6 is 0 Å². The Hall–Kier alpha value is -3.13. The van der Waals surface area contributed by atoms with Crippen molar-refractivity contribution >= 4 is 22.8 Å². The van der Waals surface area contributed by atoms with Gasteiger partial charge >= 0.3 is 0 Å². The van der Waals surface area contributed by atoms with Gasteiger partial charge in [-0.2, -0.15) is 4.98 Å². The van der Waals surface area contributed by atoms with E-state index in [4.69, 9.17) is 25.3 Å². The van der Waals surface area contributed by atoms with Crippen LogP contribution in [0.3, 0.4) is 0 Å². The maximum absolute atomic E-state index is 8.96. The molecule has 1 aromatic carbocycles. The van der Waals surface area contributed by atoms with Gasteiger partial charge in [0, 0.05) is 18.7 Å². The molecule has 0 radical (unpaired) electrons. The molecule has 0 bridgehead atoms. The van der Waals surface area contributed by atoms with E-state index in [1.54, 1.807) is 14.2 Å². The fourth-order valence-corrected chi connectivity index (χ4v) is 2.60. The number of rotatable bonds is 7. The van der Waals surface area contributed by atoms with Crippen molar-refractivity contribution in [2.45, 2.75) is 6.42 Å². The summed E-state index contributed by atoms with van der Waals surface area (Å²) in [5.74, 6) is 1.99. The van der Waals surface area contributed by atoms with E-state index in [0.717, 1.165) is 11.3 Å². The number of anilines is 2. The molecule has 0 saturated heterocycles. The molecule has 136 valence electrons. The highest BCUT2D eigenvalue weighted by Crippen LogP contribution is 2.32. The van der Waals surface area contributed by atoms with Crippen LogP contribution in [-0.2, 0) is 0 Å². The van der Waals surface area contributed by atoms with Crippen molar-refractivity contribution in [1.82, 2.24) is 15.0 Å². The number of aliphatic hydroxyl groups excluding tert-OH is 1. The number of hydrogen-bond acceptors (Lipinski definition) is 8. The zero-order valence-electron chi connectivity index (χ0n) is 14.7. The van der Waals surface area contributed by atoms with Crippen molar-refractivity contribution < 1.29 is 14.6 Å². The van der Waals surface area contributed by atoms with Gasteiger partial charge in [0.05, 0.1) is 25.4 Å². The Labute approximate surface area is 151 Å². The largest absolute Gasteiger partial charge is 0.493 e. The normalized spacial score (nSPS) is 10.7. The van der Waals surface area contributed by atoms with Gasteiger partial charge < -0.3 is 25.6 Å². The van der Waals surface area contributed by atoms with E-state index in [9.17, 15) is 0 Å². The van der Waals surface area contributed by atoms with Gasteiger partial charge in [0.2, 0.25) is 5.95 Å². The molecule has 4 N–H and O–H groups in total. The Morgan fingerprint density at radius 3 is 2.58 bits per heavy atom. The van der Waals surface area contributed by atoms with Crippen LogP contribution in [0.1, 0.15) is 6.42 Å². The Morgan fingerprint density at radius 1 is 1.04 bits per heavy atom. The summed E-state index contributed by atoms with van der Waals surface area (Å²) in [5.41, 5.74) is 8.66. The summed E-state index contributed by atoms with van der Waals surface area (Å²) in [7, 11) is 3.19. The molecule has 0 amide bonds. The van der Waals surface area contributed by atoms with E-state index >= 15 is 0 Å². The number of aromatic nitrogens is 3. The minimum Gasteiger partial charge on any atom is -0.493 e. The number of benzene rings is 1. The van der Waals surface area contributed by atoms with Crippen LogP contribution in [0, 0.1) is 0 Å². The van der Waals surface area contributed by atoms with Crippen LogP contribution in [0.2, 0.25) is 0 Å². The summed E-state index contributed by atoms with van der Waals surface area (Å²) in [5, 5.41) is 12.1. The van der Waals surface area contributed by atoms with Crippen LogP contribution in [0.5, 0.6) is 11.5 Å². The van der Waals surface area contributed by atoms with Crippen LogP contribution < -0.4 is 20.5 Å². The molecule has 3 rings (SSSR count). The maximum Gasteiger partial charge on any atom is 0.222 e. The Morgan fingerprint density at radius 2 is 1.85 bits per heavy atom. The maximum atomic E-state index is 8.96. The third-order valence-electron chi connectivity index (χ3n) is 3.87. The summed E-state index contributed by atoms with van der Waals surface area (Å²) in [6.45, 7) is 0.653. The Balaban J connectivity index is 2.05. The van der Waals surface area contributed by atoms with Crippen molar-refractivity contribution in [2.24, 2.45) is 0 Å². The van der Waals surface area contributed by atoms with E-state index < -0.39 is 0 Å². The highest BCUT2D eigenvalue weighted by Gasteiger charge is 2.12. The third kappa shape index (κ3) is 3.60. The summed E-state index contributed by atoms with van der Waals surface area (Å²) < 4.78 is 10.6. The molecule has 0 aliphatic rings. The van der Waals surface area contributed by atoms with E-state index in [2.05, 4.69) is 15.3 Å². The number of nitrogens with one attached hydrogen (secondary N) is 1. The van der Waals surface area contributed by atoms with Crippen LogP contribution in [0.15, 0.2) is 30.3 Å². The van der Waals surface area contributed by atoms with Gasteiger partial charge in [0.25, 0.3) is 0 Å². The van der Waals surface area contributed by atoms with Crippen molar-refractivity contribution in [2.75, 3.05) is 38.4 Å². The molecule has 0 atom stereocenters. The van der Waals surface area contributed by atoms with Gasteiger partial charge in [-0.25, -0.2) is 9.97 Å². The molecule has 26 heavy (non-hydrogen) atoms. The second-order valence-corrected chi connectivity index (χ2v) is 5.57. The van der Waals surface area contributed by atoms with Gasteiger partial charge in [-0.15, -0.1) is 0 Å². The van der Waals surface area contributed by atoms with Crippen molar-refractivity contribution in [3.63, 3.8) is 0 Å². The summed E-state index contributed by atoms with van der Waals surface area (Å²) in [4.78, 5) is 13.2. The molecule has 8 nitrogen and oxygen atoms in total. The van der Waals surface area contributed by atoms with Crippen LogP contribution in [0.4, 0.5) is 11.8 Å². The molecule has 0 fully saturated rings. The lowest BCUT2D eigenvalue weighted by molar-refractivity contribution is 0.292. The number of methoxy groups -OCH3 is 2. The number of hydrogen-bond donors (Lipinski definition) is 3. The van der Waals surface area contributed by atoms with E-state index in [-0.39, 0.29) is 12.6 Å². The summed E-state index contributed by atoms with van der Waals surface area (Å²) in [6.07, 6.45) is 0.598. The van der Waals surface area contributed by atoms with Crippen molar-refractivity contribution in [3.05, 3.63) is 30.3 Å². The number of ether oxygens (including phenoxy) is 2. The minimum atomic E-state index is 0.0931. The predicted octanol–water partition coefficient (Wildman–Crippen LogP) is 2.09. The fourth-order valence-electron chi connectivity index (χ4n) is 2.60. The van der Waals surface area contributed by atoms with Gasteiger partial charge in [0.1, 0.15) is 5.52 Å². The standard InChI is InChI=1S/C18H21N5O3/c1-25-14-7-4-11(10-15(14)26-2)12-5-6-13-16(21-12)17(20-8-3-9-24)23-18(19)22-13/h4-7,10,24H,3,8-9H2,1-2H3,(H3,19,20,22,23). The first-order valence-corrected chi connectivity index (χ1v) is 8.17. The first-order valence-electron chi connectivity index (χ1n) is 8.17. The predicted molar refractivity (Wildman–Crippen MR) is 100 cm³/mol. The third-order valence-corrected chi connectivity index (χ3v) is 3.87. The van der Waals surface area contributed by atoms with Gasteiger partial charge in [-0.05, 0) is 36.8 Å². The highest BCUT2D eigenvalue weighted by molar-refractivity contribution is 5.88. The van der Waals surface area contributed by atoms with Gasteiger partial charge in [-0.3, -0.25) is 0 Å². The molecule has 0 aliphatic carbocycles. The van der Waals surface area contributed by atoms with Crippen molar-refractivity contribution in [1.29, 1.82) is 0 Å². The summed E-state index contributed by atoms with van der Waals surface area (Å²) >= 11 is 0. The molecule has 0 unspecified atom stereocenters. The van der Waals surface area contributed by atoms with Crippen molar-refractivity contribution in [3.8, 4) is 22.8 Å². The van der Waals surface area contributed by atoms with Crippen LogP contribution in [0.25, 0.3) is 22.3 Å². The average Bonchev–Trinajstić information content (AvgIpc) is 2.67. The zero-order chi connectivity index (χ0) is 18.5. The molecular weight excluding hydrogens is 334 g/mol. The lowest BCUT2D eigenvalue weighted by Gasteiger charge is -2.11. The topological polar surface area (TPSA) is 115 Å². The number of pyridine rings is 1. The molecular formula is C18H21N5O3. The number of nitrogens with two attached hydrogens (primary N) is 1. The highest BCUT2D eigenvalue weighted by atomic mass is 16.5. The van der Waals surface area contributed by atoms with E-state index in [0.29, 0.717) is 41.3 Å². The number of aliphatic hydroxyl groups is 1. The molecule has 0 spiro atoms. The fraction of sp³-hybridized carbons (Fsp3) is 0.278. The van der Waals surface area contributed by atoms with E-state index in [1.807, 2.05) is 30.3 Å². The first-order chi connectivity index (χ1) is 12.7. The van der Waals surface area contributed by atoms with Gasteiger partial charge in [-0.1, -0.05) is 0 Å². The average molecular weight is 355 g/mol. The van der Waals surface area contributed by atoms with E-state index in [1.165, 1.54) is 0 Å². The summed E-state index contributed by atoms with van der Waals surface area (Å²) in [6, 6.07) is 9.33. The molecule has 8 heteroatoms. The molecule has 0 saturated carbocycles. The first kappa shape index (κ1) is 17.7. The second-order valence-electron chi connectivity index (χ2n) is 5.57.